The Labute approximate surface area is 161 Å². The molecule has 1 aromatic heterocycles. The van der Waals surface area contributed by atoms with Crippen molar-refractivity contribution in [3.8, 4) is 11.8 Å². The summed E-state index contributed by atoms with van der Waals surface area (Å²) in [7, 11) is 0. The summed E-state index contributed by atoms with van der Waals surface area (Å²) in [6.45, 7) is 2.96. The number of nitrogens with two attached hydrogens (primary N) is 1. The summed E-state index contributed by atoms with van der Waals surface area (Å²) >= 11 is 0. The van der Waals surface area contributed by atoms with E-state index in [1.165, 1.54) is 12.1 Å². The predicted molar refractivity (Wildman–Crippen MR) is 100 cm³/mol. The molecule has 2 atom stereocenters. The van der Waals surface area contributed by atoms with Gasteiger partial charge in [-0.2, -0.15) is 5.26 Å². The second-order valence-electron chi connectivity index (χ2n) is 7.09. The van der Waals surface area contributed by atoms with E-state index in [9.17, 15) is 14.4 Å². The quantitative estimate of drug-likeness (QED) is 0.883. The van der Waals surface area contributed by atoms with Crippen LogP contribution in [0.5, 0.6) is 5.75 Å². The average Bonchev–Trinajstić information content (AvgIpc) is 3.18. The number of hydrogen-bond acceptors (Lipinski definition) is 5. The molecule has 6 nitrogen and oxygen atoms in total. The van der Waals surface area contributed by atoms with Gasteiger partial charge in [0.05, 0.1) is 24.1 Å². The highest BCUT2D eigenvalue weighted by atomic mass is 19.1. The lowest BCUT2D eigenvalue weighted by atomic mass is 9.84. The van der Waals surface area contributed by atoms with E-state index < -0.39 is 11.7 Å². The van der Waals surface area contributed by atoms with E-state index in [2.05, 4.69) is 6.07 Å². The first kappa shape index (κ1) is 18.3. The molecule has 28 heavy (non-hydrogen) atoms. The lowest BCUT2D eigenvalue weighted by Gasteiger charge is -2.27. The van der Waals surface area contributed by atoms with Gasteiger partial charge in [-0.1, -0.05) is 12.1 Å². The molecule has 2 aliphatic rings. The Morgan fingerprint density at radius 1 is 1.36 bits per heavy atom. The van der Waals surface area contributed by atoms with Gasteiger partial charge in [-0.05, 0) is 37.5 Å². The zero-order valence-electron chi connectivity index (χ0n) is 15.4. The van der Waals surface area contributed by atoms with Crippen molar-refractivity contribution in [2.45, 2.75) is 38.3 Å². The number of halogens is 1. The van der Waals surface area contributed by atoms with Crippen LogP contribution in [0.25, 0.3) is 0 Å². The lowest BCUT2D eigenvalue weighted by Crippen LogP contribution is -2.35. The van der Waals surface area contributed by atoms with Crippen LogP contribution < -0.4 is 16.0 Å². The number of aromatic nitrogens is 1. The van der Waals surface area contributed by atoms with Crippen LogP contribution in [0.15, 0.2) is 46.6 Å². The summed E-state index contributed by atoms with van der Waals surface area (Å²) < 4.78 is 26.4. The van der Waals surface area contributed by atoms with Crippen LogP contribution in [0.4, 0.5) is 4.39 Å². The minimum absolute atomic E-state index is 0.0146. The van der Waals surface area contributed by atoms with Gasteiger partial charge in [-0.25, -0.2) is 4.39 Å². The topological polar surface area (TPSA) is 90.3 Å². The van der Waals surface area contributed by atoms with E-state index in [4.69, 9.17) is 15.2 Å². The number of rotatable bonds is 3. The van der Waals surface area contributed by atoms with Gasteiger partial charge < -0.3 is 19.8 Å². The third-order valence-corrected chi connectivity index (χ3v) is 5.30. The molecule has 3 heterocycles. The molecule has 0 saturated carbocycles. The Kier molecular flexibility index (Phi) is 4.65. The third-order valence-electron chi connectivity index (χ3n) is 5.30. The van der Waals surface area contributed by atoms with Crippen LogP contribution in [0, 0.1) is 24.1 Å². The van der Waals surface area contributed by atoms with Gasteiger partial charge in [0.2, 0.25) is 5.88 Å². The van der Waals surface area contributed by atoms with Crippen LogP contribution in [-0.2, 0) is 11.3 Å². The fourth-order valence-corrected chi connectivity index (χ4v) is 3.89. The Morgan fingerprint density at radius 2 is 2.11 bits per heavy atom. The molecule has 2 N–H and O–H groups in total. The van der Waals surface area contributed by atoms with Crippen molar-refractivity contribution in [1.82, 2.24) is 4.57 Å². The summed E-state index contributed by atoms with van der Waals surface area (Å²) in [5.41, 5.74) is 7.52. The number of nitriles is 1. The van der Waals surface area contributed by atoms with Gasteiger partial charge in [0.25, 0.3) is 5.56 Å². The van der Waals surface area contributed by atoms with Gasteiger partial charge in [-0.15, -0.1) is 0 Å². The van der Waals surface area contributed by atoms with Crippen LogP contribution in [0.2, 0.25) is 0 Å². The molecule has 144 valence electrons. The molecular formula is C21H20FN3O3. The first-order valence-electron chi connectivity index (χ1n) is 9.18. The zero-order valence-corrected chi connectivity index (χ0v) is 15.4. The smallest absolute Gasteiger partial charge is 0.258 e. The first-order valence-corrected chi connectivity index (χ1v) is 9.18. The molecular weight excluding hydrogens is 361 g/mol. The van der Waals surface area contributed by atoms with E-state index >= 15 is 0 Å². The van der Waals surface area contributed by atoms with Crippen LogP contribution in [0.3, 0.4) is 0 Å². The van der Waals surface area contributed by atoms with E-state index in [1.54, 1.807) is 22.8 Å². The van der Waals surface area contributed by atoms with Crippen molar-refractivity contribution in [2.75, 3.05) is 6.61 Å². The maximum atomic E-state index is 13.4. The molecule has 2 aromatic rings. The number of pyridine rings is 1. The van der Waals surface area contributed by atoms with E-state index in [-0.39, 0.29) is 23.1 Å². The molecule has 0 bridgehead atoms. The van der Waals surface area contributed by atoms with E-state index in [0.29, 0.717) is 30.0 Å². The first-order chi connectivity index (χ1) is 13.5. The molecule has 1 saturated heterocycles. The maximum absolute atomic E-state index is 13.4. The number of benzene rings is 1. The van der Waals surface area contributed by atoms with Gasteiger partial charge in [0.1, 0.15) is 23.2 Å². The summed E-state index contributed by atoms with van der Waals surface area (Å²) in [6, 6.07) is 9.53. The van der Waals surface area contributed by atoms with Crippen molar-refractivity contribution >= 4 is 0 Å². The molecule has 0 radical (unpaired) electrons. The molecule has 7 heteroatoms. The Bertz CT molecular complexity index is 1040. The van der Waals surface area contributed by atoms with Crippen molar-refractivity contribution in [1.29, 1.82) is 5.26 Å². The van der Waals surface area contributed by atoms with Crippen molar-refractivity contribution in [3.05, 3.63) is 74.8 Å². The van der Waals surface area contributed by atoms with Crippen LogP contribution in [-0.4, -0.2) is 17.3 Å². The van der Waals surface area contributed by atoms with Gasteiger partial charge >= 0.3 is 0 Å². The summed E-state index contributed by atoms with van der Waals surface area (Å²) in [6.07, 6.45) is 1.86. The van der Waals surface area contributed by atoms with E-state index in [1.807, 2.05) is 6.92 Å². The second kappa shape index (κ2) is 7.13. The SMILES string of the molecule is Cc1cc2c(c(=O)n1CC1CCCO1)C(c1ccc(F)cc1)C(C#N)=C(N)O2. The summed E-state index contributed by atoms with van der Waals surface area (Å²) in [5.74, 6) is -0.818. The van der Waals surface area contributed by atoms with Crippen molar-refractivity contribution in [2.24, 2.45) is 5.73 Å². The summed E-state index contributed by atoms with van der Waals surface area (Å²) in [5, 5.41) is 9.65. The summed E-state index contributed by atoms with van der Waals surface area (Å²) in [4.78, 5) is 13.4. The zero-order chi connectivity index (χ0) is 19.8. The number of aryl methyl sites for hydroxylation is 1. The second-order valence-corrected chi connectivity index (χ2v) is 7.09. The molecule has 4 rings (SSSR count). The van der Waals surface area contributed by atoms with Gasteiger partial charge in [-0.3, -0.25) is 4.79 Å². The Hall–Kier alpha value is -3.11. The fourth-order valence-electron chi connectivity index (χ4n) is 3.89. The molecule has 0 aliphatic carbocycles. The van der Waals surface area contributed by atoms with Gasteiger partial charge in [0.15, 0.2) is 0 Å². The van der Waals surface area contributed by atoms with Crippen molar-refractivity contribution in [3.63, 3.8) is 0 Å². The number of allylic oxidation sites excluding steroid dienone is 1. The van der Waals surface area contributed by atoms with E-state index in [0.717, 1.165) is 18.5 Å². The number of ether oxygens (including phenoxy) is 2. The van der Waals surface area contributed by atoms with Crippen LogP contribution >= 0.6 is 0 Å². The molecule has 2 unspecified atom stereocenters. The Balaban J connectivity index is 1.89. The number of hydrogen-bond donors (Lipinski definition) is 1. The highest BCUT2D eigenvalue weighted by Gasteiger charge is 2.34. The number of nitrogens with zero attached hydrogens (tertiary/aromatic N) is 2. The highest BCUT2D eigenvalue weighted by Crippen LogP contribution is 2.40. The standard InChI is InChI=1S/C21H20FN3O3/c1-12-9-17-19(21(26)25(12)11-15-3-2-8-27-15)18(16(10-23)20(24)28-17)13-4-6-14(22)7-5-13/h4-7,9,15,18H,2-3,8,11,24H2,1H3. The molecule has 0 spiro atoms. The predicted octanol–water partition coefficient (Wildman–Crippen LogP) is 2.69. The minimum atomic E-state index is -0.710. The largest absolute Gasteiger partial charge is 0.440 e. The third kappa shape index (κ3) is 3.06. The number of fused-ring (bicyclic) bond motifs is 1. The monoisotopic (exact) mass is 381 g/mol. The Morgan fingerprint density at radius 3 is 2.75 bits per heavy atom. The maximum Gasteiger partial charge on any atom is 0.258 e. The molecule has 1 aromatic carbocycles. The van der Waals surface area contributed by atoms with Gasteiger partial charge in [0, 0.05) is 18.4 Å². The minimum Gasteiger partial charge on any atom is -0.440 e. The molecule has 2 aliphatic heterocycles. The molecule has 1 fully saturated rings. The highest BCUT2D eigenvalue weighted by molar-refractivity contribution is 5.55. The fraction of sp³-hybridized carbons (Fsp3) is 0.333. The lowest BCUT2D eigenvalue weighted by molar-refractivity contribution is 0.0955. The van der Waals surface area contributed by atoms with Crippen molar-refractivity contribution < 1.29 is 13.9 Å². The average molecular weight is 381 g/mol. The molecule has 0 amide bonds. The normalized spacial score (nSPS) is 21.2. The van der Waals surface area contributed by atoms with Crippen LogP contribution in [0.1, 0.15) is 35.6 Å².